The smallest absolute Gasteiger partial charge is 0.223 e. The second-order valence-corrected chi connectivity index (χ2v) is 4.68. The summed E-state index contributed by atoms with van der Waals surface area (Å²) in [4.78, 5) is 4.25. The van der Waals surface area contributed by atoms with Gasteiger partial charge in [-0.3, -0.25) is 0 Å². The molecule has 4 nitrogen and oxygen atoms in total. The molecule has 0 fully saturated rings. The quantitative estimate of drug-likeness (QED) is 0.878. The van der Waals surface area contributed by atoms with Gasteiger partial charge < -0.3 is 15.2 Å². The maximum absolute atomic E-state index is 5.91. The fourth-order valence-electron chi connectivity index (χ4n) is 1.89. The molecule has 2 aromatic rings. The van der Waals surface area contributed by atoms with Crippen LogP contribution in [-0.4, -0.2) is 18.7 Å². The third kappa shape index (κ3) is 3.79. The summed E-state index contributed by atoms with van der Waals surface area (Å²) >= 11 is 0. The minimum absolute atomic E-state index is 0.111. The van der Waals surface area contributed by atoms with Crippen LogP contribution in [0.25, 0.3) is 0 Å². The molecular weight excluding hydrogens is 252 g/mol. The Balaban J connectivity index is 2.10. The SMILES string of the molecule is COCCc1ccc(Oc2ncccc2[C@H](C)N)cc1. The minimum atomic E-state index is -0.111. The van der Waals surface area contributed by atoms with Crippen LogP contribution in [0, 0.1) is 0 Å². The van der Waals surface area contributed by atoms with Crippen molar-refractivity contribution in [3.63, 3.8) is 0 Å². The summed E-state index contributed by atoms with van der Waals surface area (Å²) in [5.41, 5.74) is 8.03. The Bertz CT molecular complexity index is 538. The first-order valence-corrected chi connectivity index (χ1v) is 6.67. The van der Waals surface area contributed by atoms with Crippen LogP contribution in [0.1, 0.15) is 24.1 Å². The monoisotopic (exact) mass is 272 g/mol. The van der Waals surface area contributed by atoms with Crippen molar-refractivity contribution in [1.82, 2.24) is 4.98 Å². The fraction of sp³-hybridized carbons (Fsp3) is 0.312. The van der Waals surface area contributed by atoms with Gasteiger partial charge >= 0.3 is 0 Å². The van der Waals surface area contributed by atoms with E-state index in [1.807, 2.05) is 43.3 Å². The number of pyridine rings is 1. The molecule has 0 bridgehead atoms. The first kappa shape index (κ1) is 14.5. The molecule has 1 atom stereocenters. The number of methoxy groups -OCH3 is 1. The van der Waals surface area contributed by atoms with Crippen LogP contribution in [0.4, 0.5) is 0 Å². The number of hydrogen-bond donors (Lipinski definition) is 1. The van der Waals surface area contributed by atoms with Gasteiger partial charge in [0.15, 0.2) is 0 Å². The molecule has 0 saturated carbocycles. The Morgan fingerprint density at radius 3 is 2.60 bits per heavy atom. The lowest BCUT2D eigenvalue weighted by Gasteiger charge is -2.12. The van der Waals surface area contributed by atoms with E-state index < -0.39 is 0 Å². The Labute approximate surface area is 119 Å². The van der Waals surface area contributed by atoms with Gasteiger partial charge in [0.25, 0.3) is 0 Å². The first-order valence-electron chi connectivity index (χ1n) is 6.67. The highest BCUT2D eigenvalue weighted by Gasteiger charge is 2.09. The number of rotatable bonds is 6. The van der Waals surface area contributed by atoms with Crippen LogP contribution >= 0.6 is 0 Å². The summed E-state index contributed by atoms with van der Waals surface area (Å²) < 4.78 is 10.9. The molecule has 0 spiro atoms. The van der Waals surface area contributed by atoms with Crippen molar-refractivity contribution in [2.24, 2.45) is 5.73 Å². The van der Waals surface area contributed by atoms with E-state index in [4.69, 9.17) is 15.2 Å². The first-order chi connectivity index (χ1) is 9.70. The predicted molar refractivity (Wildman–Crippen MR) is 78.9 cm³/mol. The summed E-state index contributed by atoms with van der Waals surface area (Å²) in [6.07, 6.45) is 2.60. The summed E-state index contributed by atoms with van der Waals surface area (Å²) in [6.45, 7) is 2.63. The number of nitrogens with zero attached hydrogens (tertiary/aromatic N) is 1. The molecule has 0 aliphatic heterocycles. The van der Waals surface area contributed by atoms with E-state index in [0.717, 1.165) is 24.3 Å². The van der Waals surface area contributed by atoms with Crippen molar-refractivity contribution in [2.75, 3.05) is 13.7 Å². The second kappa shape index (κ2) is 7.03. The lowest BCUT2D eigenvalue weighted by atomic mass is 10.1. The van der Waals surface area contributed by atoms with Crippen LogP contribution in [0.5, 0.6) is 11.6 Å². The van der Waals surface area contributed by atoms with E-state index in [0.29, 0.717) is 5.88 Å². The standard InChI is InChI=1S/C16H20N2O2/c1-12(17)15-4-3-10-18-16(15)20-14-7-5-13(6-8-14)9-11-19-2/h3-8,10,12H,9,11,17H2,1-2H3/t12-/m0/s1. The highest BCUT2D eigenvalue weighted by Crippen LogP contribution is 2.26. The van der Waals surface area contributed by atoms with Gasteiger partial charge in [0.05, 0.1) is 6.61 Å². The van der Waals surface area contributed by atoms with Crippen molar-refractivity contribution in [1.29, 1.82) is 0 Å². The molecular formula is C16H20N2O2. The van der Waals surface area contributed by atoms with E-state index in [1.54, 1.807) is 13.3 Å². The summed E-state index contributed by atoms with van der Waals surface area (Å²) in [7, 11) is 1.70. The van der Waals surface area contributed by atoms with Crippen LogP contribution < -0.4 is 10.5 Å². The van der Waals surface area contributed by atoms with Crippen LogP contribution in [0.2, 0.25) is 0 Å². The van der Waals surface area contributed by atoms with E-state index in [-0.39, 0.29) is 6.04 Å². The van der Waals surface area contributed by atoms with Gasteiger partial charge in [-0.2, -0.15) is 0 Å². The number of benzene rings is 1. The van der Waals surface area contributed by atoms with E-state index in [2.05, 4.69) is 4.98 Å². The van der Waals surface area contributed by atoms with E-state index in [9.17, 15) is 0 Å². The largest absolute Gasteiger partial charge is 0.439 e. The molecule has 0 radical (unpaired) electrons. The third-order valence-corrected chi connectivity index (χ3v) is 3.02. The summed E-state index contributed by atoms with van der Waals surface area (Å²) in [6, 6.07) is 11.6. The Hall–Kier alpha value is -1.91. The topological polar surface area (TPSA) is 57.4 Å². The number of hydrogen-bond acceptors (Lipinski definition) is 4. The molecule has 0 amide bonds. The molecule has 0 saturated heterocycles. The molecule has 1 aromatic heterocycles. The maximum atomic E-state index is 5.91. The third-order valence-electron chi connectivity index (χ3n) is 3.02. The molecule has 106 valence electrons. The second-order valence-electron chi connectivity index (χ2n) is 4.68. The van der Waals surface area contributed by atoms with Crippen LogP contribution in [0.15, 0.2) is 42.6 Å². The molecule has 2 N–H and O–H groups in total. The zero-order chi connectivity index (χ0) is 14.4. The van der Waals surface area contributed by atoms with Gasteiger partial charge in [-0.1, -0.05) is 18.2 Å². The molecule has 1 aromatic carbocycles. The fourth-order valence-corrected chi connectivity index (χ4v) is 1.89. The lowest BCUT2D eigenvalue weighted by molar-refractivity contribution is 0.202. The highest BCUT2D eigenvalue weighted by molar-refractivity contribution is 5.35. The Morgan fingerprint density at radius 1 is 1.20 bits per heavy atom. The number of ether oxygens (including phenoxy) is 2. The predicted octanol–water partition coefficient (Wildman–Crippen LogP) is 3.08. The molecule has 2 rings (SSSR count). The lowest BCUT2D eigenvalue weighted by Crippen LogP contribution is -2.07. The normalized spacial score (nSPS) is 12.2. The van der Waals surface area contributed by atoms with E-state index >= 15 is 0 Å². The summed E-state index contributed by atoms with van der Waals surface area (Å²) in [5, 5.41) is 0. The zero-order valence-electron chi connectivity index (χ0n) is 11.9. The molecule has 4 heteroatoms. The zero-order valence-corrected chi connectivity index (χ0v) is 11.9. The van der Waals surface area contributed by atoms with Crippen molar-refractivity contribution in [3.05, 3.63) is 53.7 Å². The van der Waals surface area contributed by atoms with Gasteiger partial charge in [-0.25, -0.2) is 4.98 Å². The van der Waals surface area contributed by atoms with Crippen LogP contribution in [0.3, 0.4) is 0 Å². The molecule has 0 aliphatic carbocycles. The van der Waals surface area contributed by atoms with Gasteiger partial charge in [-0.05, 0) is 37.1 Å². The van der Waals surface area contributed by atoms with Gasteiger partial charge in [0.2, 0.25) is 5.88 Å². The number of nitrogens with two attached hydrogens (primary N) is 1. The molecule has 0 aliphatic rings. The van der Waals surface area contributed by atoms with Gasteiger partial charge in [0, 0.05) is 24.9 Å². The van der Waals surface area contributed by atoms with Crippen molar-refractivity contribution in [3.8, 4) is 11.6 Å². The van der Waals surface area contributed by atoms with Gasteiger partial charge in [-0.15, -0.1) is 0 Å². The highest BCUT2D eigenvalue weighted by atomic mass is 16.5. The van der Waals surface area contributed by atoms with Crippen molar-refractivity contribution < 1.29 is 9.47 Å². The molecule has 1 heterocycles. The van der Waals surface area contributed by atoms with Crippen molar-refractivity contribution >= 4 is 0 Å². The minimum Gasteiger partial charge on any atom is -0.439 e. The summed E-state index contributed by atoms with van der Waals surface area (Å²) in [5.74, 6) is 1.32. The molecule has 20 heavy (non-hydrogen) atoms. The van der Waals surface area contributed by atoms with Crippen molar-refractivity contribution in [2.45, 2.75) is 19.4 Å². The van der Waals surface area contributed by atoms with E-state index in [1.165, 1.54) is 5.56 Å². The Kier molecular flexibility index (Phi) is 5.09. The average molecular weight is 272 g/mol. The maximum Gasteiger partial charge on any atom is 0.223 e. The molecule has 0 unspecified atom stereocenters. The van der Waals surface area contributed by atoms with Gasteiger partial charge in [0.1, 0.15) is 5.75 Å². The Morgan fingerprint density at radius 2 is 1.95 bits per heavy atom. The van der Waals surface area contributed by atoms with Crippen LogP contribution in [-0.2, 0) is 11.2 Å². The number of aromatic nitrogens is 1. The average Bonchev–Trinajstić information content (AvgIpc) is 2.47.